The fourth-order valence-electron chi connectivity index (χ4n) is 2.66. The second kappa shape index (κ2) is 7.64. The van der Waals surface area contributed by atoms with Crippen LogP contribution in [0.5, 0.6) is 5.75 Å². The van der Waals surface area contributed by atoms with Gasteiger partial charge in [-0.1, -0.05) is 13.8 Å². The lowest BCUT2D eigenvalue weighted by Gasteiger charge is -2.32. The number of anilines is 1. The summed E-state index contributed by atoms with van der Waals surface area (Å²) in [4.78, 5) is 2.07. The molecule has 21 heavy (non-hydrogen) atoms. The standard InChI is InChI=1S/C17H27FN2O/c1-13(2)4-3-11-21-15-5-6-17(16(18)12-15)20-9-7-14(19)8-10-20/h5-6,12-14H,3-4,7-11,19H2,1-2H3. The largest absolute Gasteiger partial charge is 0.493 e. The summed E-state index contributed by atoms with van der Waals surface area (Å²) in [7, 11) is 0. The van der Waals surface area contributed by atoms with Gasteiger partial charge in [0.05, 0.1) is 12.3 Å². The van der Waals surface area contributed by atoms with E-state index in [0.29, 0.717) is 24.0 Å². The van der Waals surface area contributed by atoms with Crippen molar-refractivity contribution in [2.45, 2.75) is 45.6 Å². The first-order valence-electron chi connectivity index (χ1n) is 7.99. The summed E-state index contributed by atoms with van der Waals surface area (Å²) in [6, 6.07) is 5.44. The Hall–Kier alpha value is -1.29. The second-order valence-corrected chi connectivity index (χ2v) is 6.32. The molecular formula is C17H27FN2O. The molecule has 1 aromatic rings. The molecule has 2 rings (SSSR count). The number of halogens is 1. The molecule has 4 heteroatoms. The number of nitrogens with two attached hydrogens (primary N) is 1. The molecule has 2 N–H and O–H groups in total. The summed E-state index contributed by atoms with van der Waals surface area (Å²) in [5, 5.41) is 0. The van der Waals surface area contributed by atoms with Gasteiger partial charge in [0.2, 0.25) is 0 Å². The van der Waals surface area contributed by atoms with Crippen LogP contribution in [0.3, 0.4) is 0 Å². The third-order valence-electron chi connectivity index (χ3n) is 3.99. The van der Waals surface area contributed by atoms with Crippen LogP contribution in [0.15, 0.2) is 18.2 Å². The van der Waals surface area contributed by atoms with Crippen molar-refractivity contribution in [3.63, 3.8) is 0 Å². The van der Waals surface area contributed by atoms with Gasteiger partial charge in [-0.25, -0.2) is 4.39 Å². The number of piperidine rings is 1. The Labute approximate surface area is 127 Å². The molecule has 0 aromatic heterocycles. The van der Waals surface area contributed by atoms with E-state index in [2.05, 4.69) is 18.7 Å². The van der Waals surface area contributed by atoms with E-state index in [0.717, 1.165) is 38.8 Å². The van der Waals surface area contributed by atoms with Gasteiger partial charge in [0.15, 0.2) is 0 Å². The fraction of sp³-hybridized carbons (Fsp3) is 0.647. The third kappa shape index (κ3) is 4.88. The van der Waals surface area contributed by atoms with E-state index in [1.807, 2.05) is 12.1 Å². The van der Waals surface area contributed by atoms with Gasteiger partial charge in [0.1, 0.15) is 11.6 Å². The maximum Gasteiger partial charge on any atom is 0.150 e. The van der Waals surface area contributed by atoms with Crippen molar-refractivity contribution >= 4 is 5.69 Å². The lowest BCUT2D eigenvalue weighted by molar-refractivity contribution is 0.296. The topological polar surface area (TPSA) is 38.5 Å². The SMILES string of the molecule is CC(C)CCCOc1ccc(N2CCC(N)CC2)c(F)c1. The Bertz CT molecular complexity index is 442. The molecule has 0 radical (unpaired) electrons. The number of ether oxygens (including phenoxy) is 1. The normalized spacial score (nSPS) is 16.5. The molecule has 0 atom stereocenters. The minimum Gasteiger partial charge on any atom is -0.493 e. The number of hydrogen-bond donors (Lipinski definition) is 1. The van der Waals surface area contributed by atoms with E-state index in [1.54, 1.807) is 0 Å². The van der Waals surface area contributed by atoms with Crippen LogP contribution >= 0.6 is 0 Å². The van der Waals surface area contributed by atoms with Crippen molar-refractivity contribution in [1.29, 1.82) is 0 Å². The van der Waals surface area contributed by atoms with E-state index in [9.17, 15) is 4.39 Å². The molecule has 1 aliphatic heterocycles. The van der Waals surface area contributed by atoms with Gasteiger partial charge >= 0.3 is 0 Å². The Kier molecular flexibility index (Phi) is 5.85. The summed E-state index contributed by atoms with van der Waals surface area (Å²) < 4.78 is 19.8. The number of nitrogens with zero attached hydrogens (tertiary/aromatic N) is 1. The lowest BCUT2D eigenvalue weighted by Crippen LogP contribution is -2.40. The molecule has 0 bridgehead atoms. The molecule has 0 spiro atoms. The molecule has 0 amide bonds. The van der Waals surface area contributed by atoms with Crippen molar-refractivity contribution in [1.82, 2.24) is 0 Å². The van der Waals surface area contributed by atoms with Crippen LogP contribution in [0, 0.1) is 11.7 Å². The third-order valence-corrected chi connectivity index (χ3v) is 3.99. The predicted molar refractivity (Wildman–Crippen MR) is 85.4 cm³/mol. The molecule has 0 aliphatic carbocycles. The van der Waals surface area contributed by atoms with Gasteiger partial charge in [-0.15, -0.1) is 0 Å². The molecular weight excluding hydrogens is 267 g/mol. The van der Waals surface area contributed by atoms with Crippen LogP contribution in [0.4, 0.5) is 10.1 Å². The Morgan fingerprint density at radius 3 is 2.67 bits per heavy atom. The molecule has 3 nitrogen and oxygen atoms in total. The van der Waals surface area contributed by atoms with Crippen molar-refractivity contribution in [3.8, 4) is 5.75 Å². The molecule has 1 heterocycles. The zero-order chi connectivity index (χ0) is 15.2. The average Bonchev–Trinajstić information content (AvgIpc) is 2.45. The van der Waals surface area contributed by atoms with Crippen LogP contribution in [-0.4, -0.2) is 25.7 Å². The van der Waals surface area contributed by atoms with Gasteiger partial charge in [0.25, 0.3) is 0 Å². The predicted octanol–water partition coefficient (Wildman–Crippen LogP) is 3.57. The van der Waals surface area contributed by atoms with E-state index in [4.69, 9.17) is 10.5 Å². The fourth-order valence-corrected chi connectivity index (χ4v) is 2.66. The quantitative estimate of drug-likeness (QED) is 0.815. The van der Waals surface area contributed by atoms with Gasteiger partial charge in [-0.3, -0.25) is 0 Å². The maximum absolute atomic E-state index is 14.2. The molecule has 1 saturated heterocycles. The van der Waals surface area contributed by atoms with Crippen molar-refractivity contribution in [2.24, 2.45) is 11.7 Å². The maximum atomic E-state index is 14.2. The minimum absolute atomic E-state index is 0.202. The average molecular weight is 294 g/mol. The Morgan fingerprint density at radius 1 is 1.33 bits per heavy atom. The summed E-state index contributed by atoms with van der Waals surface area (Å²) >= 11 is 0. The van der Waals surface area contributed by atoms with Crippen LogP contribution in [0.1, 0.15) is 39.5 Å². The summed E-state index contributed by atoms with van der Waals surface area (Å²) in [5.74, 6) is 1.10. The van der Waals surface area contributed by atoms with E-state index >= 15 is 0 Å². The van der Waals surface area contributed by atoms with Crippen LogP contribution in [0.25, 0.3) is 0 Å². The number of hydrogen-bond acceptors (Lipinski definition) is 3. The summed E-state index contributed by atoms with van der Waals surface area (Å²) in [6.07, 6.45) is 3.99. The van der Waals surface area contributed by atoms with E-state index < -0.39 is 0 Å². The number of rotatable bonds is 6. The highest BCUT2D eigenvalue weighted by Gasteiger charge is 2.19. The first-order valence-corrected chi connectivity index (χ1v) is 7.99. The van der Waals surface area contributed by atoms with Gasteiger partial charge in [-0.05, 0) is 43.7 Å². The van der Waals surface area contributed by atoms with E-state index in [-0.39, 0.29) is 11.9 Å². The second-order valence-electron chi connectivity index (χ2n) is 6.32. The van der Waals surface area contributed by atoms with E-state index in [1.165, 1.54) is 6.07 Å². The first kappa shape index (κ1) is 16.1. The Balaban J connectivity index is 1.88. The highest BCUT2D eigenvalue weighted by atomic mass is 19.1. The molecule has 118 valence electrons. The van der Waals surface area contributed by atoms with Gasteiger partial charge < -0.3 is 15.4 Å². The lowest BCUT2D eigenvalue weighted by atomic mass is 10.1. The van der Waals surface area contributed by atoms with Crippen molar-refractivity contribution < 1.29 is 9.13 Å². The van der Waals surface area contributed by atoms with Crippen LogP contribution < -0.4 is 15.4 Å². The summed E-state index contributed by atoms with van der Waals surface area (Å²) in [5.41, 5.74) is 6.55. The molecule has 0 unspecified atom stereocenters. The minimum atomic E-state index is -0.202. The van der Waals surface area contributed by atoms with Crippen LogP contribution in [0.2, 0.25) is 0 Å². The molecule has 1 aromatic carbocycles. The van der Waals surface area contributed by atoms with Crippen molar-refractivity contribution in [3.05, 3.63) is 24.0 Å². The first-order chi connectivity index (χ1) is 10.1. The Morgan fingerprint density at radius 2 is 2.05 bits per heavy atom. The van der Waals surface area contributed by atoms with Crippen LogP contribution in [-0.2, 0) is 0 Å². The monoisotopic (exact) mass is 294 g/mol. The molecule has 1 aliphatic rings. The highest BCUT2D eigenvalue weighted by Crippen LogP contribution is 2.26. The number of benzene rings is 1. The zero-order valence-electron chi connectivity index (χ0n) is 13.1. The van der Waals surface area contributed by atoms with Gasteiger partial charge in [-0.2, -0.15) is 0 Å². The smallest absolute Gasteiger partial charge is 0.150 e. The molecule has 1 fully saturated rings. The van der Waals surface area contributed by atoms with Gasteiger partial charge in [0, 0.05) is 25.2 Å². The highest BCUT2D eigenvalue weighted by molar-refractivity contribution is 5.51. The zero-order valence-corrected chi connectivity index (χ0v) is 13.1. The van der Waals surface area contributed by atoms with Crippen molar-refractivity contribution in [2.75, 3.05) is 24.6 Å². The molecule has 0 saturated carbocycles. The summed E-state index contributed by atoms with van der Waals surface area (Å²) in [6.45, 7) is 6.69.